The third kappa shape index (κ3) is 5.28. The third-order valence-electron chi connectivity index (χ3n) is 3.92. The fourth-order valence-corrected chi connectivity index (χ4v) is 2.70. The molecule has 3 aromatic rings. The summed E-state index contributed by atoms with van der Waals surface area (Å²) in [6, 6.07) is 16.9. The fraction of sp³-hybridized carbons (Fsp3) is 0.190. The fourth-order valence-electron chi connectivity index (χ4n) is 2.57. The number of hydrogen-bond acceptors (Lipinski definition) is 4. The van der Waals surface area contributed by atoms with Crippen LogP contribution in [0, 0.1) is 0 Å². The summed E-state index contributed by atoms with van der Waals surface area (Å²) in [7, 11) is 0. The van der Waals surface area contributed by atoms with Crippen molar-refractivity contribution < 1.29 is 9.32 Å². The van der Waals surface area contributed by atoms with Gasteiger partial charge in [-0.1, -0.05) is 54.0 Å². The van der Waals surface area contributed by atoms with Crippen LogP contribution in [-0.4, -0.2) is 27.5 Å². The van der Waals surface area contributed by atoms with Gasteiger partial charge in [-0.2, -0.15) is 4.98 Å². The first kappa shape index (κ1) is 18.9. The molecule has 138 valence electrons. The Morgan fingerprint density at radius 1 is 1.15 bits per heavy atom. The first-order valence-corrected chi connectivity index (χ1v) is 9.14. The summed E-state index contributed by atoms with van der Waals surface area (Å²) in [4.78, 5) is 18.6. The molecular weight excluding hydrogens is 362 g/mol. The number of halogens is 1. The Morgan fingerprint density at radius 3 is 2.59 bits per heavy atom. The zero-order chi connectivity index (χ0) is 19.1. The van der Waals surface area contributed by atoms with Gasteiger partial charge < -0.3 is 9.42 Å². The van der Waals surface area contributed by atoms with Crippen molar-refractivity contribution in [3.63, 3.8) is 0 Å². The van der Waals surface area contributed by atoms with Crippen molar-refractivity contribution in [3.05, 3.63) is 77.2 Å². The van der Waals surface area contributed by atoms with Gasteiger partial charge in [-0.3, -0.25) is 4.79 Å². The number of amides is 1. The number of nitrogens with zero attached hydrogens (tertiary/aromatic N) is 3. The van der Waals surface area contributed by atoms with Crippen molar-refractivity contribution in [2.45, 2.75) is 19.9 Å². The van der Waals surface area contributed by atoms with Crippen molar-refractivity contribution in [2.75, 3.05) is 6.54 Å². The Labute approximate surface area is 163 Å². The second-order valence-electron chi connectivity index (χ2n) is 6.02. The lowest BCUT2D eigenvalue weighted by Gasteiger charge is -2.18. The van der Waals surface area contributed by atoms with Crippen LogP contribution in [0.5, 0.6) is 0 Å². The van der Waals surface area contributed by atoms with E-state index in [4.69, 9.17) is 16.1 Å². The highest BCUT2D eigenvalue weighted by Crippen LogP contribution is 2.19. The molecule has 5 nitrogen and oxygen atoms in total. The summed E-state index contributed by atoms with van der Waals surface area (Å²) in [5.41, 5.74) is 1.79. The van der Waals surface area contributed by atoms with Gasteiger partial charge in [-0.05, 0) is 42.3 Å². The van der Waals surface area contributed by atoms with Crippen molar-refractivity contribution in [3.8, 4) is 11.4 Å². The van der Waals surface area contributed by atoms with Crippen LogP contribution in [0.3, 0.4) is 0 Å². The second kappa shape index (κ2) is 9.14. The van der Waals surface area contributed by atoms with Crippen molar-refractivity contribution in [2.24, 2.45) is 0 Å². The Hall–Kier alpha value is -2.92. The summed E-state index contributed by atoms with van der Waals surface area (Å²) in [6.45, 7) is 2.90. The maximum atomic E-state index is 12.6. The summed E-state index contributed by atoms with van der Waals surface area (Å²) in [5, 5.41) is 4.64. The third-order valence-corrected chi connectivity index (χ3v) is 4.17. The average Bonchev–Trinajstić information content (AvgIpc) is 3.16. The molecule has 3 rings (SSSR count). The molecule has 0 atom stereocenters. The van der Waals surface area contributed by atoms with E-state index >= 15 is 0 Å². The highest BCUT2D eigenvalue weighted by Gasteiger charge is 2.16. The first-order chi connectivity index (χ1) is 13.2. The standard InChI is InChI=1S/C21H20ClN3O2/c1-2-14-25(20(26)13-8-16-6-4-3-5-7-16)15-19-23-21(24-27-19)17-9-11-18(22)12-10-17/h3-13H,2,14-15H2,1H3/b13-8+. The normalized spacial score (nSPS) is 11.0. The van der Waals surface area contributed by atoms with Crippen LogP contribution in [0.15, 0.2) is 65.2 Å². The lowest BCUT2D eigenvalue weighted by molar-refractivity contribution is -0.126. The van der Waals surface area contributed by atoms with Gasteiger partial charge in [0.15, 0.2) is 0 Å². The number of carbonyl (C=O) groups is 1. The number of carbonyl (C=O) groups excluding carboxylic acids is 1. The van der Waals surface area contributed by atoms with Crippen molar-refractivity contribution >= 4 is 23.6 Å². The van der Waals surface area contributed by atoms with Crippen LogP contribution in [0.2, 0.25) is 5.02 Å². The predicted molar refractivity (Wildman–Crippen MR) is 106 cm³/mol. The lowest BCUT2D eigenvalue weighted by Crippen LogP contribution is -2.29. The summed E-state index contributed by atoms with van der Waals surface area (Å²) >= 11 is 5.90. The largest absolute Gasteiger partial charge is 0.337 e. The molecule has 2 aromatic carbocycles. The topological polar surface area (TPSA) is 59.2 Å². The molecule has 0 unspecified atom stereocenters. The number of rotatable bonds is 7. The Morgan fingerprint density at radius 2 is 1.89 bits per heavy atom. The van der Waals surface area contributed by atoms with Crippen molar-refractivity contribution in [1.29, 1.82) is 0 Å². The lowest BCUT2D eigenvalue weighted by atomic mass is 10.2. The SMILES string of the molecule is CCCN(Cc1nc(-c2ccc(Cl)cc2)no1)C(=O)/C=C/c1ccccc1. The van der Waals surface area contributed by atoms with E-state index in [0.717, 1.165) is 17.5 Å². The molecule has 0 aliphatic heterocycles. The molecule has 6 heteroatoms. The quantitative estimate of drug-likeness (QED) is 0.549. The summed E-state index contributed by atoms with van der Waals surface area (Å²) in [6.07, 6.45) is 4.21. The van der Waals surface area contributed by atoms with Gasteiger partial charge >= 0.3 is 0 Å². The minimum absolute atomic E-state index is 0.0908. The number of hydrogen-bond donors (Lipinski definition) is 0. The molecule has 0 saturated carbocycles. The van der Waals surface area contributed by atoms with Crippen LogP contribution in [0.1, 0.15) is 24.8 Å². The van der Waals surface area contributed by atoms with Crippen molar-refractivity contribution in [1.82, 2.24) is 15.0 Å². The Balaban J connectivity index is 1.70. The second-order valence-corrected chi connectivity index (χ2v) is 6.46. The van der Waals surface area contributed by atoms with E-state index < -0.39 is 0 Å². The van der Waals surface area contributed by atoms with Gasteiger partial charge in [0.2, 0.25) is 17.6 Å². The molecule has 27 heavy (non-hydrogen) atoms. The van der Waals surface area contributed by atoms with Crippen LogP contribution < -0.4 is 0 Å². The minimum Gasteiger partial charge on any atom is -0.337 e. The zero-order valence-corrected chi connectivity index (χ0v) is 15.8. The van der Waals surface area contributed by atoms with Crippen LogP contribution in [-0.2, 0) is 11.3 Å². The molecule has 0 N–H and O–H groups in total. The van der Waals surface area contributed by atoms with E-state index in [1.807, 2.05) is 49.4 Å². The van der Waals surface area contributed by atoms with E-state index in [2.05, 4.69) is 10.1 Å². The zero-order valence-electron chi connectivity index (χ0n) is 15.0. The Bertz CT molecular complexity index is 905. The van der Waals surface area contributed by atoms with E-state index in [0.29, 0.717) is 23.3 Å². The number of benzene rings is 2. The van der Waals surface area contributed by atoms with E-state index in [9.17, 15) is 4.79 Å². The monoisotopic (exact) mass is 381 g/mol. The molecule has 0 spiro atoms. The van der Waals surface area contributed by atoms with Crippen LogP contribution >= 0.6 is 11.6 Å². The Kier molecular flexibility index (Phi) is 6.39. The van der Waals surface area contributed by atoms with Gasteiger partial charge in [0.05, 0.1) is 0 Å². The van der Waals surface area contributed by atoms with Gasteiger partial charge in [-0.15, -0.1) is 0 Å². The summed E-state index contributed by atoms with van der Waals surface area (Å²) < 4.78 is 5.33. The molecule has 0 aliphatic rings. The van der Waals surface area contributed by atoms with Gasteiger partial charge in [0.25, 0.3) is 0 Å². The molecule has 0 bridgehead atoms. The molecular formula is C21H20ClN3O2. The maximum Gasteiger partial charge on any atom is 0.247 e. The number of aromatic nitrogens is 2. The predicted octanol–water partition coefficient (Wildman–Crippen LogP) is 4.84. The molecule has 0 aliphatic carbocycles. The summed E-state index contributed by atoms with van der Waals surface area (Å²) in [5.74, 6) is 0.784. The molecule has 1 amide bonds. The van der Waals surface area contributed by atoms with E-state index in [1.165, 1.54) is 0 Å². The minimum atomic E-state index is -0.0908. The highest BCUT2D eigenvalue weighted by molar-refractivity contribution is 6.30. The smallest absolute Gasteiger partial charge is 0.247 e. The average molecular weight is 382 g/mol. The molecule has 0 fully saturated rings. The van der Waals surface area contributed by atoms with E-state index in [1.54, 1.807) is 29.2 Å². The van der Waals surface area contributed by atoms with Gasteiger partial charge in [-0.25, -0.2) is 0 Å². The molecule has 1 aromatic heterocycles. The van der Waals surface area contributed by atoms with Gasteiger partial charge in [0, 0.05) is 23.2 Å². The molecule has 0 saturated heterocycles. The highest BCUT2D eigenvalue weighted by atomic mass is 35.5. The van der Waals surface area contributed by atoms with Crippen LogP contribution in [0.4, 0.5) is 0 Å². The van der Waals surface area contributed by atoms with Crippen LogP contribution in [0.25, 0.3) is 17.5 Å². The first-order valence-electron chi connectivity index (χ1n) is 8.76. The van der Waals surface area contributed by atoms with E-state index in [-0.39, 0.29) is 12.5 Å². The molecule has 1 heterocycles. The maximum absolute atomic E-state index is 12.6. The van der Waals surface area contributed by atoms with Gasteiger partial charge in [0.1, 0.15) is 6.54 Å². The molecule has 0 radical (unpaired) electrons.